The second-order valence-corrected chi connectivity index (χ2v) is 9.39. The molecule has 0 heterocycles. The first-order valence-corrected chi connectivity index (χ1v) is 12.0. The number of ether oxygens (including phenoxy) is 3. The van der Waals surface area contributed by atoms with Crippen LogP contribution in [0.25, 0.3) is 0 Å². The number of carboxylic acids is 1. The molecule has 10 heteroatoms. The molecule has 2 N–H and O–H groups in total. The summed E-state index contributed by atoms with van der Waals surface area (Å²) in [6.07, 6.45) is -1.92. The summed E-state index contributed by atoms with van der Waals surface area (Å²) in [7, 11) is 3.07. The third-order valence-corrected chi connectivity index (χ3v) is 6.84. The molecule has 0 bridgehead atoms. The Morgan fingerprint density at radius 2 is 1.76 bits per heavy atom. The molecular formula is C27H34F2N2O6. The molecule has 1 atom stereocenters. The normalized spacial score (nSPS) is 16.3. The molecule has 2 aromatic carbocycles. The molecule has 0 saturated heterocycles. The van der Waals surface area contributed by atoms with Crippen molar-refractivity contribution in [2.45, 2.75) is 57.7 Å². The predicted molar refractivity (Wildman–Crippen MR) is 133 cm³/mol. The van der Waals surface area contributed by atoms with Gasteiger partial charge in [0.2, 0.25) is 0 Å². The van der Waals surface area contributed by atoms with E-state index in [4.69, 9.17) is 14.2 Å². The van der Waals surface area contributed by atoms with E-state index in [1.807, 2.05) is 44.2 Å². The van der Waals surface area contributed by atoms with E-state index in [2.05, 4.69) is 5.32 Å². The summed E-state index contributed by atoms with van der Waals surface area (Å²) in [6.45, 7) is 6.03. The lowest BCUT2D eigenvalue weighted by Crippen LogP contribution is -2.68. The molecule has 202 valence electrons. The summed E-state index contributed by atoms with van der Waals surface area (Å²) >= 11 is 0. The van der Waals surface area contributed by atoms with Gasteiger partial charge >= 0.3 is 12.0 Å². The van der Waals surface area contributed by atoms with Crippen LogP contribution in [0.5, 0.6) is 11.5 Å². The number of carboxylic acid groups (broad SMARTS) is 1. The maximum absolute atomic E-state index is 13.7. The Balaban J connectivity index is 1.87. The van der Waals surface area contributed by atoms with E-state index in [1.165, 1.54) is 12.0 Å². The van der Waals surface area contributed by atoms with Crippen molar-refractivity contribution in [2.24, 2.45) is 0 Å². The van der Waals surface area contributed by atoms with Gasteiger partial charge in [0.25, 0.3) is 5.92 Å². The zero-order valence-corrected chi connectivity index (χ0v) is 21.8. The van der Waals surface area contributed by atoms with Crippen LogP contribution in [-0.2, 0) is 16.1 Å². The van der Waals surface area contributed by atoms with E-state index < -0.39 is 42.3 Å². The minimum absolute atomic E-state index is 0.0872. The van der Waals surface area contributed by atoms with Crippen LogP contribution in [0, 0.1) is 13.8 Å². The van der Waals surface area contributed by atoms with Crippen LogP contribution < -0.4 is 14.8 Å². The third kappa shape index (κ3) is 6.12. The number of aliphatic carboxylic acids is 1. The zero-order valence-electron chi connectivity index (χ0n) is 21.8. The number of amides is 2. The number of hydrogen-bond acceptors (Lipinski definition) is 5. The largest absolute Gasteiger partial charge is 0.496 e. The van der Waals surface area contributed by atoms with Gasteiger partial charge in [0.1, 0.15) is 11.5 Å². The summed E-state index contributed by atoms with van der Waals surface area (Å²) in [5.41, 5.74) is 1.21. The topological polar surface area (TPSA) is 97.3 Å². The number of alkyl halides is 2. The van der Waals surface area contributed by atoms with Crippen LogP contribution >= 0.6 is 0 Å². The molecular weight excluding hydrogens is 486 g/mol. The Bertz CT molecular complexity index is 1120. The summed E-state index contributed by atoms with van der Waals surface area (Å²) in [5.74, 6) is -3.47. The smallest absolute Gasteiger partial charge is 0.329 e. The van der Waals surface area contributed by atoms with E-state index >= 15 is 0 Å². The summed E-state index contributed by atoms with van der Waals surface area (Å²) in [6, 6.07) is 9.94. The zero-order chi connectivity index (χ0) is 27.4. The predicted octanol–water partition coefficient (Wildman–Crippen LogP) is 4.86. The van der Waals surface area contributed by atoms with Crippen molar-refractivity contribution < 1.29 is 37.7 Å². The van der Waals surface area contributed by atoms with Crippen molar-refractivity contribution in [1.82, 2.24) is 10.2 Å². The van der Waals surface area contributed by atoms with Crippen molar-refractivity contribution in [3.8, 4) is 11.5 Å². The lowest BCUT2D eigenvalue weighted by molar-refractivity contribution is -0.175. The molecule has 0 aliphatic heterocycles. The molecule has 37 heavy (non-hydrogen) atoms. The van der Waals surface area contributed by atoms with Gasteiger partial charge in [0.15, 0.2) is 5.54 Å². The number of nitrogens with zero attached hydrogens (tertiary/aromatic N) is 1. The molecule has 1 aliphatic carbocycles. The standard InChI is InChI=1S/C27H34F2N2O6/c1-17-21(13-22(35-4)18(2)23(17)36-5)19(3)31(11-12-37-14-20-9-7-6-8-10-20)25(34)30-26(24(32)33)15-27(28,29)16-26/h6-10,13,19H,11-12,14-16H2,1-5H3,(H,30,34)(H,32,33). The Morgan fingerprint density at radius 1 is 1.11 bits per heavy atom. The number of methoxy groups -OCH3 is 2. The fraction of sp³-hybridized carbons (Fsp3) is 0.481. The monoisotopic (exact) mass is 520 g/mol. The fourth-order valence-corrected chi connectivity index (χ4v) is 4.80. The van der Waals surface area contributed by atoms with Crippen LogP contribution in [0.1, 0.15) is 48.1 Å². The molecule has 3 rings (SSSR count). The number of carbonyl (C=O) groups excluding carboxylic acids is 1. The quantitative estimate of drug-likeness (QED) is 0.411. The maximum atomic E-state index is 13.7. The minimum Gasteiger partial charge on any atom is -0.496 e. The number of rotatable bonds is 11. The van der Waals surface area contributed by atoms with Crippen LogP contribution in [0.3, 0.4) is 0 Å². The van der Waals surface area contributed by atoms with Gasteiger partial charge in [-0.15, -0.1) is 0 Å². The van der Waals surface area contributed by atoms with Crippen molar-refractivity contribution in [1.29, 1.82) is 0 Å². The van der Waals surface area contributed by atoms with E-state index in [-0.39, 0.29) is 13.2 Å². The highest BCUT2D eigenvalue weighted by molar-refractivity contribution is 5.88. The molecule has 0 radical (unpaired) electrons. The van der Waals surface area contributed by atoms with E-state index in [0.717, 1.165) is 16.7 Å². The maximum Gasteiger partial charge on any atom is 0.329 e. The molecule has 2 aromatic rings. The Morgan fingerprint density at radius 3 is 2.30 bits per heavy atom. The summed E-state index contributed by atoms with van der Waals surface area (Å²) in [4.78, 5) is 26.7. The van der Waals surface area contributed by atoms with Gasteiger partial charge in [-0.2, -0.15) is 0 Å². The SMILES string of the molecule is COc1cc(C(C)N(CCOCc2ccccc2)C(=O)NC2(C(=O)O)CC(F)(F)C2)c(C)c(OC)c1C. The second-order valence-electron chi connectivity index (χ2n) is 9.39. The van der Waals surface area contributed by atoms with Crippen LogP contribution in [0.2, 0.25) is 0 Å². The lowest BCUT2D eigenvalue weighted by Gasteiger charge is -2.45. The molecule has 1 saturated carbocycles. The summed E-state index contributed by atoms with van der Waals surface area (Å²) < 4.78 is 44.2. The lowest BCUT2D eigenvalue weighted by atomic mass is 9.73. The van der Waals surface area contributed by atoms with Gasteiger partial charge in [-0.3, -0.25) is 0 Å². The second kappa shape index (κ2) is 11.3. The average Bonchev–Trinajstić information content (AvgIpc) is 2.83. The molecule has 8 nitrogen and oxygen atoms in total. The highest BCUT2D eigenvalue weighted by Crippen LogP contribution is 2.46. The van der Waals surface area contributed by atoms with Crippen LogP contribution in [0.15, 0.2) is 36.4 Å². The molecule has 1 unspecified atom stereocenters. The van der Waals surface area contributed by atoms with E-state index in [9.17, 15) is 23.5 Å². The summed E-state index contributed by atoms with van der Waals surface area (Å²) in [5, 5.41) is 12.0. The highest BCUT2D eigenvalue weighted by atomic mass is 19.3. The Hall–Kier alpha value is -3.40. The first-order chi connectivity index (χ1) is 17.4. The minimum atomic E-state index is -3.14. The van der Waals surface area contributed by atoms with Crippen LogP contribution in [-0.4, -0.2) is 60.8 Å². The van der Waals surface area contributed by atoms with Crippen molar-refractivity contribution in [3.05, 3.63) is 58.7 Å². The Kier molecular flexibility index (Phi) is 8.63. The molecule has 0 spiro atoms. The highest BCUT2D eigenvalue weighted by Gasteiger charge is 2.62. The average molecular weight is 521 g/mol. The van der Waals surface area contributed by atoms with Crippen molar-refractivity contribution in [2.75, 3.05) is 27.4 Å². The third-order valence-electron chi connectivity index (χ3n) is 6.84. The van der Waals surface area contributed by atoms with Gasteiger partial charge in [0, 0.05) is 24.9 Å². The number of urea groups is 1. The van der Waals surface area contributed by atoms with Crippen molar-refractivity contribution >= 4 is 12.0 Å². The number of hydrogen-bond donors (Lipinski definition) is 2. The number of benzene rings is 2. The number of halogens is 2. The van der Waals surface area contributed by atoms with Crippen LogP contribution in [0.4, 0.5) is 13.6 Å². The van der Waals surface area contributed by atoms with Gasteiger partial charge in [-0.25, -0.2) is 18.4 Å². The molecule has 0 aromatic heterocycles. The van der Waals surface area contributed by atoms with Gasteiger partial charge in [-0.05, 0) is 43.5 Å². The molecule has 2 amide bonds. The van der Waals surface area contributed by atoms with E-state index in [0.29, 0.717) is 23.7 Å². The van der Waals surface area contributed by atoms with Gasteiger partial charge in [0.05, 0.1) is 33.5 Å². The van der Waals surface area contributed by atoms with Crippen molar-refractivity contribution in [3.63, 3.8) is 0 Å². The van der Waals surface area contributed by atoms with E-state index in [1.54, 1.807) is 20.1 Å². The van der Waals surface area contributed by atoms with Gasteiger partial charge < -0.3 is 29.5 Å². The molecule has 1 fully saturated rings. The fourth-order valence-electron chi connectivity index (χ4n) is 4.80. The first-order valence-electron chi connectivity index (χ1n) is 12.0. The Labute approximate surface area is 215 Å². The van der Waals surface area contributed by atoms with Gasteiger partial charge in [-0.1, -0.05) is 30.3 Å². The first kappa shape index (κ1) is 28.2. The number of nitrogens with one attached hydrogen (secondary N) is 1. The number of carbonyl (C=O) groups is 2. The molecule has 1 aliphatic rings.